The molecule has 0 aliphatic carbocycles. The molecule has 1 saturated heterocycles. The monoisotopic (exact) mass is 425 g/mol. The van der Waals surface area contributed by atoms with Crippen molar-refractivity contribution >= 4 is 23.2 Å². The SMILES string of the molecule is Cc1cccc(NC(=O)C(=O)NC[C@H](c2ccc(N(C)C)cc2)[NH+]2CC[NH+](C)CC2)c1. The minimum atomic E-state index is -0.634. The molecule has 2 amide bonds. The molecule has 0 bridgehead atoms. The highest BCUT2D eigenvalue weighted by Crippen LogP contribution is 2.16. The number of piperazine rings is 1. The van der Waals surface area contributed by atoms with Gasteiger partial charge in [0.15, 0.2) is 0 Å². The number of quaternary nitrogens is 2. The number of benzene rings is 2. The van der Waals surface area contributed by atoms with Crippen LogP contribution in [-0.4, -0.2) is 65.7 Å². The molecule has 2 aromatic carbocycles. The standard InChI is InChI=1S/C24H33N5O2/c1-18-6-5-7-20(16-18)26-24(31)23(30)25-17-22(29-14-12-28(4)13-15-29)19-8-10-21(11-9-19)27(2)3/h5-11,16,22H,12-15,17H2,1-4H3,(H,25,30)(H,26,31)/p+2/t22-/m1/s1. The number of amides is 2. The van der Waals surface area contributed by atoms with E-state index in [0.717, 1.165) is 37.4 Å². The summed E-state index contributed by atoms with van der Waals surface area (Å²) in [7, 11) is 6.26. The van der Waals surface area contributed by atoms with Gasteiger partial charge in [0.1, 0.15) is 32.2 Å². The molecule has 0 saturated carbocycles. The maximum atomic E-state index is 12.5. The highest BCUT2D eigenvalue weighted by molar-refractivity contribution is 6.39. The number of carbonyl (C=O) groups is 2. The van der Waals surface area contributed by atoms with Crippen LogP contribution in [-0.2, 0) is 9.59 Å². The fourth-order valence-corrected chi connectivity index (χ4v) is 4.03. The first-order valence-corrected chi connectivity index (χ1v) is 10.9. The predicted octanol–water partition coefficient (Wildman–Crippen LogP) is -0.730. The largest absolute Gasteiger partial charge is 0.378 e. The van der Waals surface area contributed by atoms with Gasteiger partial charge < -0.3 is 25.3 Å². The van der Waals surface area contributed by atoms with E-state index in [1.807, 2.05) is 39.2 Å². The first-order chi connectivity index (χ1) is 14.8. The molecule has 7 heteroatoms. The van der Waals surface area contributed by atoms with Gasteiger partial charge in [-0.1, -0.05) is 24.3 Å². The fourth-order valence-electron chi connectivity index (χ4n) is 4.03. The van der Waals surface area contributed by atoms with E-state index in [-0.39, 0.29) is 6.04 Å². The van der Waals surface area contributed by atoms with Crippen LogP contribution in [0, 0.1) is 6.92 Å². The van der Waals surface area contributed by atoms with Crippen LogP contribution in [0.4, 0.5) is 11.4 Å². The Hall–Kier alpha value is -2.90. The maximum Gasteiger partial charge on any atom is 0.313 e. The number of carbonyl (C=O) groups excluding carboxylic acids is 2. The second kappa shape index (κ2) is 10.4. The molecule has 1 aliphatic rings. The topological polar surface area (TPSA) is 70.3 Å². The van der Waals surface area contributed by atoms with Gasteiger partial charge in [-0.2, -0.15) is 0 Å². The van der Waals surface area contributed by atoms with Crippen LogP contribution in [0.1, 0.15) is 17.2 Å². The first-order valence-electron chi connectivity index (χ1n) is 10.9. The third kappa shape index (κ3) is 6.29. The van der Waals surface area contributed by atoms with E-state index >= 15 is 0 Å². The number of rotatable bonds is 6. The van der Waals surface area contributed by atoms with Crippen molar-refractivity contribution < 1.29 is 19.4 Å². The number of nitrogens with one attached hydrogen (secondary N) is 4. The minimum Gasteiger partial charge on any atom is -0.378 e. The highest BCUT2D eigenvalue weighted by atomic mass is 16.2. The van der Waals surface area contributed by atoms with Gasteiger partial charge in [0.2, 0.25) is 0 Å². The van der Waals surface area contributed by atoms with E-state index in [1.54, 1.807) is 6.07 Å². The Labute approximate surface area is 185 Å². The third-order valence-electron chi connectivity index (χ3n) is 6.00. The third-order valence-corrected chi connectivity index (χ3v) is 6.00. The Morgan fingerprint density at radius 2 is 1.68 bits per heavy atom. The molecule has 1 atom stereocenters. The summed E-state index contributed by atoms with van der Waals surface area (Å²) in [5.74, 6) is -1.24. The number of nitrogens with zero attached hydrogens (tertiary/aromatic N) is 1. The predicted molar refractivity (Wildman–Crippen MR) is 124 cm³/mol. The van der Waals surface area contributed by atoms with Crippen LogP contribution in [0.25, 0.3) is 0 Å². The number of hydrogen-bond acceptors (Lipinski definition) is 3. The normalized spacial score (nSPS) is 19.4. The van der Waals surface area contributed by atoms with Crippen LogP contribution in [0.3, 0.4) is 0 Å². The van der Waals surface area contributed by atoms with Gasteiger partial charge in [0.05, 0.1) is 13.6 Å². The molecule has 0 aromatic heterocycles. The lowest BCUT2D eigenvalue weighted by Crippen LogP contribution is -3.27. The summed E-state index contributed by atoms with van der Waals surface area (Å²) < 4.78 is 0. The Morgan fingerprint density at radius 1 is 1.00 bits per heavy atom. The van der Waals surface area contributed by atoms with Gasteiger partial charge >= 0.3 is 11.8 Å². The van der Waals surface area contributed by atoms with Gasteiger partial charge in [-0.05, 0) is 36.8 Å². The van der Waals surface area contributed by atoms with Crippen LogP contribution < -0.4 is 25.3 Å². The molecule has 7 nitrogen and oxygen atoms in total. The van der Waals surface area contributed by atoms with Gasteiger partial charge in [-0.25, -0.2) is 0 Å². The lowest BCUT2D eigenvalue weighted by atomic mass is 10.0. The Balaban J connectivity index is 1.67. The first kappa shape index (κ1) is 22.8. The Morgan fingerprint density at radius 3 is 2.29 bits per heavy atom. The lowest BCUT2D eigenvalue weighted by Gasteiger charge is -2.33. The average molecular weight is 426 g/mol. The van der Waals surface area contributed by atoms with Gasteiger partial charge in [0, 0.05) is 31.0 Å². The second-order valence-corrected chi connectivity index (χ2v) is 8.69. The zero-order valence-corrected chi connectivity index (χ0v) is 19.0. The van der Waals surface area contributed by atoms with Crippen molar-refractivity contribution in [3.63, 3.8) is 0 Å². The maximum absolute atomic E-state index is 12.5. The van der Waals surface area contributed by atoms with Crippen molar-refractivity contribution in [1.29, 1.82) is 0 Å². The fraction of sp³-hybridized carbons (Fsp3) is 0.417. The van der Waals surface area contributed by atoms with Crippen molar-refractivity contribution in [3.05, 3.63) is 59.7 Å². The molecule has 31 heavy (non-hydrogen) atoms. The molecule has 1 fully saturated rings. The zero-order chi connectivity index (χ0) is 22.4. The molecule has 0 unspecified atom stereocenters. The number of hydrogen-bond donors (Lipinski definition) is 4. The molecular formula is C24H35N5O2+2. The summed E-state index contributed by atoms with van der Waals surface area (Å²) in [5.41, 5.74) is 3.98. The number of likely N-dealkylation sites (N-methyl/N-ethyl adjacent to an activating group) is 1. The van der Waals surface area contributed by atoms with Crippen LogP contribution in [0.15, 0.2) is 48.5 Å². The summed E-state index contributed by atoms with van der Waals surface area (Å²) >= 11 is 0. The van der Waals surface area contributed by atoms with Gasteiger partial charge in [0.25, 0.3) is 0 Å². The van der Waals surface area contributed by atoms with Crippen LogP contribution in [0.2, 0.25) is 0 Å². The molecule has 1 heterocycles. The quantitative estimate of drug-likeness (QED) is 0.462. The summed E-state index contributed by atoms with van der Waals surface area (Å²) in [6.07, 6.45) is 0. The van der Waals surface area contributed by atoms with Crippen molar-refractivity contribution in [2.24, 2.45) is 0 Å². The van der Waals surface area contributed by atoms with Crippen LogP contribution in [0.5, 0.6) is 0 Å². The van der Waals surface area contributed by atoms with Crippen LogP contribution >= 0.6 is 0 Å². The molecule has 0 spiro atoms. The van der Waals surface area contributed by atoms with Crippen molar-refractivity contribution in [2.75, 3.05) is 64.1 Å². The minimum absolute atomic E-state index is 0.111. The van der Waals surface area contributed by atoms with Gasteiger partial charge in [-0.3, -0.25) is 9.59 Å². The van der Waals surface area contributed by atoms with E-state index in [9.17, 15) is 9.59 Å². The van der Waals surface area contributed by atoms with E-state index in [4.69, 9.17) is 0 Å². The van der Waals surface area contributed by atoms with E-state index in [1.165, 1.54) is 15.4 Å². The molecular weight excluding hydrogens is 390 g/mol. The summed E-state index contributed by atoms with van der Waals surface area (Å²) in [6, 6.07) is 16.0. The number of anilines is 2. The average Bonchev–Trinajstić information content (AvgIpc) is 2.75. The highest BCUT2D eigenvalue weighted by Gasteiger charge is 2.30. The van der Waals surface area contributed by atoms with E-state index in [2.05, 4.69) is 46.8 Å². The van der Waals surface area contributed by atoms with E-state index in [0.29, 0.717) is 12.2 Å². The number of aryl methyl sites for hydroxylation is 1. The molecule has 0 radical (unpaired) electrons. The molecule has 4 N–H and O–H groups in total. The molecule has 1 aliphatic heterocycles. The van der Waals surface area contributed by atoms with E-state index < -0.39 is 11.8 Å². The van der Waals surface area contributed by atoms with Crippen molar-refractivity contribution in [1.82, 2.24) is 5.32 Å². The van der Waals surface area contributed by atoms with Crippen molar-refractivity contribution in [3.8, 4) is 0 Å². The summed E-state index contributed by atoms with van der Waals surface area (Å²) in [4.78, 5) is 29.9. The Bertz CT molecular complexity index is 889. The second-order valence-electron chi connectivity index (χ2n) is 8.69. The molecule has 3 rings (SSSR count). The summed E-state index contributed by atoms with van der Waals surface area (Å²) in [5, 5.41) is 5.56. The Kier molecular flexibility index (Phi) is 7.65. The van der Waals surface area contributed by atoms with Gasteiger partial charge in [-0.15, -0.1) is 0 Å². The summed E-state index contributed by atoms with van der Waals surface area (Å²) in [6.45, 7) is 6.65. The molecule has 2 aromatic rings. The lowest BCUT2D eigenvalue weighted by molar-refractivity contribution is -1.02. The van der Waals surface area contributed by atoms with Crippen molar-refractivity contribution in [2.45, 2.75) is 13.0 Å². The molecule has 166 valence electrons. The smallest absolute Gasteiger partial charge is 0.313 e. The zero-order valence-electron chi connectivity index (χ0n) is 19.0.